The summed E-state index contributed by atoms with van der Waals surface area (Å²) in [6.45, 7) is 0. The third kappa shape index (κ3) is 2.33. The third-order valence-electron chi connectivity index (χ3n) is 3.13. The fourth-order valence-electron chi connectivity index (χ4n) is 1.94. The zero-order chi connectivity index (χ0) is 14.3. The van der Waals surface area contributed by atoms with Crippen molar-refractivity contribution in [3.8, 4) is 0 Å². The van der Waals surface area contributed by atoms with Gasteiger partial charge >= 0.3 is 5.97 Å². The fourth-order valence-corrected chi connectivity index (χ4v) is 3.49. The second-order valence-electron chi connectivity index (χ2n) is 4.40. The van der Waals surface area contributed by atoms with Gasteiger partial charge in [0, 0.05) is 0 Å². The van der Waals surface area contributed by atoms with Crippen molar-refractivity contribution < 1.29 is 27.1 Å². The van der Waals surface area contributed by atoms with Crippen molar-refractivity contribution >= 4 is 16.0 Å². The molecular formula is C11H11F2NO4S. The maximum absolute atomic E-state index is 13.4. The molecule has 1 aliphatic rings. The van der Waals surface area contributed by atoms with Gasteiger partial charge in [0.05, 0.1) is 0 Å². The van der Waals surface area contributed by atoms with Crippen molar-refractivity contribution in [1.29, 1.82) is 0 Å². The van der Waals surface area contributed by atoms with E-state index in [2.05, 4.69) is 0 Å². The van der Waals surface area contributed by atoms with E-state index >= 15 is 0 Å². The van der Waals surface area contributed by atoms with Crippen molar-refractivity contribution in [1.82, 2.24) is 4.72 Å². The van der Waals surface area contributed by atoms with Crippen LogP contribution in [0.2, 0.25) is 0 Å². The lowest BCUT2D eigenvalue weighted by molar-refractivity contribution is -0.147. The van der Waals surface area contributed by atoms with Gasteiger partial charge in [-0.3, -0.25) is 4.79 Å². The average Bonchev–Trinajstić information content (AvgIpc) is 2.22. The lowest BCUT2D eigenvalue weighted by atomic mass is 9.78. The summed E-state index contributed by atoms with van der Waals surface area (Å²) in [4.78, 5) is 9.92. The monoisotopic (exact) mass is 291 g/mol. The highest BCUT2D eigenvalue weighted by Gasteiger charge is 2.48. The number of carboxylic acids is 1. The lowest BCUT2D eigenvalue weighted by Gasteiger charge is -2.37. The number of nitrogens with one attached hydrogen (secondary N) is 1. The molecule has 1 aromatic rings. The van der Waals surface area contributed by atoms with E-state index in [0.717, 1.165) is 18.2 Å². The second kappa shape index (κ2) is 4.53. The molecule has 1 saturated carbocycles. The quantitative estimate of drug-likeness (QED) is 0.874. The van der Waals surface area contributed by atoms with E-state index in [0.29, 0.717) is 6.42 Å². The molecule has 8 heteroatoms. The molecule has 104 valence electrons. The molecule has 2 rings (SSSR count). The zero-order valence-corrected chi connectivity index (χ0v) is 10.5. The van der Waals surface area contributed by atoms with Crippen LogP contribution >= 0.6 is 0 Å². The van der Waals surface area contributed by atoms with Crippen molar-refractivity contribution in [2.75, 3.05) is 0 Å². The van der Waals surface area contributed by atoms with Crippen LogP contribution in [0.5, 0.6) is 0 Å². The molecule has 0 radical (unpaired) electrons. The minimum Gasteiger partial charge on any atom is -0.480 e. The van der Waals surface area contributed by atoms with Crippen LogP contribution in [0.3, 0.4) is 0 Å². The minimum atomic E-state index is -4.57. The number of hydrogen-bond acceptors (Lipinski definition) is 3. The van der Waals surface area contributed by atoms with E-state index in [1.165, 1.54) is 0 Å². The molecule has 0 saturated heterocycles. The smallest absolute Gasteiger partial charge is 0.324 e. The van der Waals surface area contributed by atoms with Gasteiger partial charge in [0.1, 0.15) is 17.2 Å². The summed E-state index contributed by atoms with van der Waals surface area (Å²) < 4.78 is 52.6. The van der Waals surface area contributed by atoms with E-state index in [1.807, 2.05) is 4.72 Å². The van der Waals surface area contributed by atoms with Crippen molar-refractivity contribution in [2.24, 2.45) is 0 Å². The highest BCUT2D eigenvalue weighted by Crippen LogP contribution is 2.34. The van der Waals surface area contributed by atoms with Crippen molar-refractivity contribution in [3.63, 3.8) is 0 Å². The van der Waals surface area contributed by atoms with Crippen molar-refractivity contribution in [3.05, 3.63) is 29.8 Å². The van der Waals surface area contributed by atoms with Gasteiger partial charge in [-0.05, 0) is 31.4 Å². The number of hydrogen-bond donors (Lipinski definition) is 2. The molecule has 1 aliphatic carbocycles. The van der Waals surface area contributed by atoms with Gasteiger partial charge in [0.25, 0.3) is 0 Å². The lowest BCUT2D eigenvalue weighted by Crippen LogP contribution is -2.59. The van der Waals surface area contributed by atoms with Gasteiger partial charge in [0.2, 0.25) is 10.0 Å². The Morgan fingerprint density at radius 2 is 1.79 bits per heavy atom. The van der Waals surface area contributed by atoms with E-state index in [1.54, 1.807) is 0 Å². The third-order valence-corrected chi connectivity index (χ3v) is 4.72. The average molecular weight is 291 g/mol. The number of rotatable bonds is 4. The molecule has 0 spiro atoms. The molecule has 0 bridgehead atoms. The molecule has 0 unspecified atom stereocenters. The van der Waals surface area contributed by atoms with Crippen molar-refractivity contribution in [2.45, 2.75) is 29.7 Å². The van der Waals surface area contributed by atoms with Gasteiger partial charge in [-0.1, -0.05) is 6.07 Å². The van der Waals surface area contributed by atoms with E-state index in [9.17, 15) is 22.0 Å². The molecule has 0 heterocycles. The Kier molecular flexibility index (Phi) is 3.31. The number of halogens is 2. The summed E-state index contributed by atoms with van der Waals surface area (Å²) in [5, 5.41) is 9.02. The highest BCUT2D eigenvalue weighted by molar-refractivity contribution is 7.89. The Labute approximate surface area is 108 Å². The summed E-state index contributed by atoms with van der Waals surface area (Å²) in [6, 6.07) is 2.62. The SMILES string of the molecule is O=C(O)C1(NS(=O)(=O)c2c(F)cccc2F)CCC1. The Bertz CT molecular complexity index is 605. The summed E-state index contributed by atoms with van der Waals surface area (Å²) >= 11 is 0. The second-order valence-corrected chi connectivity index (χ2v) is 6.02. The Morgan fingerprint density at radius 3 is 2.16 bits per heavy atom. The molecule has 0 aromatic heterocycles. The first-order valence-electron chi connectivity index (χ1n) is 5.50. The van der Waals surface area contributed by atoms with Crippen LogP contribution in [-0.4, -0.2) is 25.0 Å². The molecule has 0 amide bonds. The Hall–Kier alpha value is -1.54. The van der Waals surface area contributed by atoms with Gasteiger partial charge in [-0.15, -0.1) is 0 Å². The summed E-state index contributed by atoms with van der Waals surface area (Å²) in [5.41, 5.74) is -1.66. The number of benzene rings is 1. The zero-order valence-electron chi connectivity index (χ0n) is 9.69. The standard InChI is InChI=1S/C11H11F2NO4S/c12-7-3-1-4-8(13)9(7)19(17,18)14-11(10(15)16)5-2-6-11/h1,3-4,14H,2,5-6H2,(H,15,16). The molecule has 1 aromatic carbocycles. The highest BCUT2D eigenvalue weighted by atomic mass is 32.2. The van der Waals surface area contributed by atoms with Gasteiger partial charge in [0.15, 0.2) is 4.90 Å². The van der Waals surface area contributed by atoms with E-state index in [4.69, 9.17) is 5.11 Å². The summed E-state index contributed by atoms with van der Waals surface area (Å²) in [6.07, 6.45) is 0.726. The van der Waals surface area contributed by atoms with E-state index < -0.39 is 38.1 Å². The van der Waals surface area contributed by atoms with Gasteiger partial charge < -0.3 is 5.11 Å². The molecule has 2 N–H and O–H groups in total. The first-order valence-corrected chi connectivity index (χ1v) is 6.98. The number of carboxylic acid groups (broad SMARTS) is 1. The van der Waals surface area contributed by atoms with Crippen LogP contribution in [0.1, 0.15) is 19.3 Å². The first-order chi connectivity index (χ1) is 8.78. The largest absolute Gasteiger partial charge is 0.480 e. The predicted molar refractivity (Wildman–Crippen MR) is 60.9 cm³/mol. The van der Waals surface area contributed by atoms with Crippen LogP contribution in [-0.2, 0) is 14.8 Å². The van der Waals surface area contributed by atoms with Crippen LogP contribution in [0.4, 0.5) is 8.78 Å². The Balaban J connectivity index is 2.41. The maximum atomic E-state index is 13.4. The normalized spacial score (nSPS) is 17.8. The van der Waals surface area contributed by atoms with Crippen LogP contribution in [0.25, 0.3) is 0 Å². The molecule has 1 fully saturated rings. The minimum absolute atomic E-state index is 0.0949. The molecule has 5 nitrogen and oxygen atoms in total. The maximum Gasteiger partial charge on any atom is 0.324 e. The van der Waals surface area contributed by atoms with Crippen LogP contribution < -0.4 is 4.72 Å². The summed E-state index contributed by atoms with van der Waals surface area (Å²) in [7, 11) is -4.57. The summed E-state index contributed by atoms with van der Waals surface area (Å²) in [5.74, 6) is -3.86. The van der Waals surface area contributed by atoms with Gasteiger partial charge in [-0.25, -0.2) is 17.2 Å². The molecule has 0 aliphatic heterocycles. The molecule has 19 heavy (non-hydrogen) atoms. The predicted octanol–water partition coefficient (Wildman–Crippen LogP) is 1.25. The van der Waals surface area contributed by atoms with E-state index in [-0.39, 0.29) is 12.8 Å². The molecular weight excluding hydrogens is 280 g/mol. The molecule has 0 atom stereocenters. The Morgan fingerprint density at radius 1 is 1.26 bits per heavy atom. The van der Waals surface area contributed by atoms with Crippen LogP contribution in [0.15, 0.2) is 23.1 Å². The number of aliphatic carboxylic acids is 1. The number of sulfonamides is 1. The first kappa shape index (κ1) is 13.9. The topological polar surface area (TPSA) is 83.5 Å². The van der Waals surface area contributed by atoms with Crippen LogP contribution in [0, 0.1) is 11.6 Å². The fraction of sp³-hybridized carbons (Fsp3) is 0.364. The number of carbonyl (C=O) groups is 1. The van der Waals surface area contributed by atoms with Gasteiger partial charge in [-0.2, -0.15) is 4.72 Å².